The summed E-state index contributed by atoms with van der Waals surface area (Å²) in [6.45, 7) is 6.86. The van der Waals surface area contributed by atoms with Gasteiger partial charge in [0.1, 0.15) is 0 Å². The zero-order chi connectivity index (χ0) is 16.8. The van der Waals surface area contributed by atoms with Crippen LogP contribution in [0.1, 0.15) is 80.0 Å². The first kappa shape index (κ1) is 20.2. The highest BCUT2D eigenvalue weighted by Gasteiger charge is 2.10. The maximum absolute atomic E-state index is 11.6. The van der Waals surface area contributed by atoms with Crippen molar-refractivity contribution in [3.05, 3.63) is 35.4 Å². The van der Waals surface area contributed by atoms with E-state index >= 15 is 0 Å². The van der Waals surface area contributed by atoms with Gasteiger partial charge in [0, 0.05) is 0 Å². The van der Waals surface area contributed by atoms with Crippen LogP contribution in [-0.4, -0.2) is 23.7 Å². The summed E-state index contributed by atoms with van der Waals surface area (Å²) in [6.07, 6.45) is 6.79. The van der Waals surface area contributed by atoms with E-state index in [2.05, 4.69) is 20.8 Å². The molecule has 0 heterocycles. The minimum Gasteiger partial charge on any atom is -0.478 e. The molecule has 1 aromatic rings. The van der Waals surface area contributed by atoms with Crippen LogP contribution in [0.15, 0.2) is 24.3 Å². The second-order valence-corrected chi connectivity index (χ2v) is 5.08. The summed E-state index contributed by atoms with van der Waals surface area (Å²) in [4.78, 5) is 22.4. The van der Waals surface area contributed by atoms with E-state index in [9.17, 15) is 9.59 Å². The van der Waals surface area contributed by atoms with Gasteiger partial charge in [-0.1, -0.05) is 58.9 Å². The summed E-state index contributed by atoms with van der Waals surface area (Å²) in [5.41, 5.74) is 0.376. The molecule has 0 bridgehead atoms. The second-order valence-electron chi connectivity index (χ2n) is 5.08. The molecule has 4 heteroatoms. The van der Waals surface area contributed by atoms with Crippen molar-refractivity contribution in [1.29, 1.82) is 0 Å². The van der Waals surface area contributed by atoms with E-state index in [4.69, 9.17) is 9.84 Å². The van der Waals surface area contributed by atoms with E-state index in [1.165, 1.54) is 31.0 Å². The molecule has 22 heavy (non-hydrogen) atoms. The molecule has 124 valence electrons. The fourth-order valence-electron chi connectivity index (χ4n) is 1.56. The molecule has 0 amide bonds. The molecule has 0 unspecified atom stereocenters. The maximum atomic E-state index is 11.6. The Kier molecular flexibility index (Phi) is 11.8. The van der Waals surface area contributed by atoms with Crippen LogP contribution >= 0.6 is 0 Å². The minimum atomic E-state index is -1.05. The molecule has 1 aromatic carbocycles. The molecule has 0 fully saturated rings. The van der Waals surface area contributed by atoms with Gasteiger partial charge in [0.2, 0.25) is 0 Å². The lowest BCUT2D eigenvalue weighted by atomic mass is 10.1. The molecule has 0 saturated carbocycles. The van der Waals surface area contributed by atoms with Gasteiger partial charge in [0.25, 0.3) is 0 Å². The average molecular weight is 308 g/mol. The number of ether oxygens (including phenoxy) is 1. The fourth-order valence-corrected chi connectivity index (χ4v) is 1.56. The molecule has 0 saturated heterocycles. The minimum absolute atomic E-state index is 0.0930. The van der Waals surface area contributed by atoms with Crippen molar-refractivity contribution in [2.24, 2.45) is 0 Å². The Morgan fingerprint density at radius 3 is 2.14 bits per heavy atom. The first-order chi connectivity index (χ1) is 10.6. The van der Waals surface area contributed by atoms with E-state index < -0.39 is 11.9 Å². The molecular weight excluding hydrogens is 280 g/mol. The van der Waals surface area contributed by atoms with Crippen LogP contribution in [0, 0.1) is 0 Å². The predicted octanol–water partition coefficient (Wildman–Crippen LogP) is 4.93. The normalized spacial score (nSPS) is 9.59. The lowest BCUT2D eigenvalue weighted by molar-refractivity contribution is 0.0498. The highest BCUT2D eigenvalue weighted by Crippen LogP contribution is 2.08. The Hall–Kier alpha value is -1.84. The van der Waals surface area contributed by atoms with Crippen LogP contribution in [0.25, 0.3) is 0 Å². The number of carboxylic acid groups (broad SMARTS) is 1. The van der Waals surface area contributed by atoms with Crippen molar-refractivity contribution in [2.75, 3.05) is 6.61 Å². The quantitative estimate of drug-likeness (QED) is 0.546. The largest absolute Gasteiger partial charge is 0.478 e. The molecule has 0 radical (unpaired) electrons. The number of aromatic carboxylic acids is 1. The molecule has 0 spiro atoms. The number of benzene rings is 1. The van der Waals surface area contributed by atoms with Gasteiger partial charge in [-0.05, 0) is 24.6 Å². The number of carbonyl (C=O) groups is 2. The molecule has 0 aromatic heterocycles. The maximum Gasteiger partial charge on any atom is 0.338 e. The highest BCUT2D eigenvalue weighted by molar-refractivity contribution is 5.94. The van der Waals surface area contributed by atoms with Crippen LogP contribution in [0.2, 0.25) is 0 Å². The zero-order valence-electron chi connectivity index (χ0n) is 13.9. The van der Waals surface area contributed by atoms with Gasteiger partial charge in [0.05, 0.1) is 17.7 Å². The van der Waals surface area contributed by atoms with E-state index in [0.717, 1.165) is 25.7 Å². The van der Waals surface area contributed by atoms with Gasteiger partial charge in [-0.25, -0.2) is 9.59 Å². The summed E-state index contributed by atoms with van der Waals surface area (Å²) < 4.78 is 5.08. The van der Waals surface area contributed by atoms with Crippen molar-refractivity contribution in [1.82, 2.24) is 0 Å². The third-order valence-corrected chi connectivity index (χ3v) is 3.08. The lowest BCUT2D eigenvalue weighted by Gasteiger charge is -2.05. The molecule has 1 N–H and O–H groups in total. The number of hydrogen-bond acceptors (Lipinski definition) is 3. The Labute approximate surface area is 133 Å². The Morgan fingerprint density at radius 1 is 0.955 bits per heavy atom. The molecule has 0 atom stereocenters. The van der Waals surface area contributed by atoms with Crippen molar-refractivity contribution in [2.45, 2.75) is 59.3 Å². The Morgan fingerprint density at radius 2 is 1.59 bits per heavy atom. The summed E-state index contributed by atoms with van der Waals surface area (Å²) in [7, 11) is 0. The van der Waals surface area contributed by atoms with Crippen LogP contribution in [0.3, 0.4) is 0 Å². The van der Waals surface area contributed by atoms with E-state index in [1.807, 2.05) is 0 Å². The number of esters is 1. The van der Waals surface area contributed by atoms with Gasteiger partial charge >= 0.3 is 11.9 Å². The first-order valence-electron chi connectivity index (χ1n) is 8.07. The summed E-state index contributed by atoms with van der Waals surface area (Å²) >= 11 is 0. The molecule has 4 nitrogen and oxygen atoms in total. The predicted molar refractivity (Wildman–Crippen MR) is 88.4 cm³/mol. The second kappa shape index (κ2) is 12.9. The monoisotopic (exact) mass is 308 g/mol. The van der Waals surface area contributed by atoms with Crippen molar-refractivity contribution >= 4 is 11.9 Å². The van der Waals surface area contributed by atoms with Crippen LogP contribution in [0.5, 0.6) is 0 Å². The molecule has 0 aliphatic carbocycles. The number of carboxylic acids is 1. The van der Waals surface area contributed by atoms with Gasteiger partial charge in [-0.3, -0.25) is 0 Å². The molecular formula is C18H28O4. The molecule has 1 rings (SSSR count). The van der Waals surface area contributed by atoms with Gasteiger partial charge in [-0.2, -0.15) is 0 Å². The van der Waals surface area contributed by atoms with Gasteiger partial charge in [-0.15, -0.1) is 0 Å². The van der Waals surface area contributed by atoms with Crippen molar-refractivity contribution in [3.8, 4) is 0 Å². The molecule has 0 aliphatic heterocycles. The van der Waals surface area contributed by atoms with Crippen LogP contribution in [-0.2, 0) is 4.74 Å². The Bertz CT molecular complexity index is 438. The third kappa shape index (κ3) is 9.16. The Balaban J connectivity index is 0.000000980. The molecule has 0 aliphatic rings. The average Bonchev–Trinajstić information content (AvgIpc) is 2.54. The van der Waals surface area contributed by atoms with E-state index in [1.54, 1.807) is 6.07 Å². The zero-order valence-corrected chi connectivity index (χ0v) is 13.9. The van der Waals surface area contributed by atoms with Crippen molar-refractivity contribution in [3.63, 3.8) is 0 Å². The highest BCUT2D eigenvalue weighted by atomic mass is 16.5. The van der Waals surface area contributed by atoms with Crippen molar-refractivity contribution < 1.29 is 19.4 Å². The summed E-state index contributed by atoms with van der Waals surface area (Å²) in [5.74, 6) is -1.51. The fraction of sp³-hybridized carbons (Fsp3) is 0.556. The van der Waals surface area contributed by atoms with Crippen LogP contribution in [0.4, 0.5) is 0 Å². The summed E-state index contributed by atoms with van der Waals surface area (Å²) in [5, 5.41) is 8.81. The van der Waals surface area contributed by atoms with E-state index in [-0.39, 0.29) is 11.1 Å². The number of unbranched alkanes of at least 4 members (excludes halogenated alkanes) is 4. The van der Waals surface area contributed by atoms with Gasteiger partial charge < -0.3 is 9.84 Å². The number of rotatable bonds is 8. The number of carbonyl (C=O) groups excluding carboxylic acids is 1. The standard InChI is InChI=1S/C14H18O4.C4H10/c1-2-3-4-5-9-18-14(17)12-8-6-7-11(10-12)13(15)16;1-3-4-2/h6-8,10H,2-5,9H2,1H3,(H,15,16);3-4H2,1-2H3. The summed E-state index contributed by atoms with van der Waals surface area (Å²) in [6, 6.07) is 5.87. The SMILES string of the molecule is CCCC.CCCCCCOC(=O)c1cccc(C(=O)O)c1. The van der Waals surface area contributed by atoms with E-state index in [0.29, 0.717) is 6.61 Å². The van der Waals surface area contributed by atoms with Gasteiger partial charge in [0.15, 0.2) is 0 Å². The van der Waals surface area contributed by atoms with Crippen LogP contribution < -0.4 is 0 Å². The number of hydrogen-bond donors (Lipinski definition) is 1. The smallest absolute Gasteiger partial charge is 0.338 e. The first-order valence-corrected chi connectivity index (χ1v) is 8.07. The topological polar surface area (TPSA) is 63.6 Å². The lowest BCUT2D eigenvalue weighted by Crippen LogP contribution is -2.08. The third-order valence-electron chi connectivity index (χ3n) is 3.08.